The standard InChI is InChI=1S/C17H17FO4S/c1-20-16-4-2-3-12(5-16)9-23(19)10-14-7-15(18)6-13-8-21-11-22-17(13)14/h2-7H,8-11H2,1H3/t23-/m0/s1. The van der Waals surface area contributed by atoms with E-state index in [1.54, 1.807) is 7.11 Å². The number of benzene rings is 2. The summed E-state index contributed by atoms with van der Waals surface area (Å²) in [7, 11) is 0.410. The maximum atomic E-state index is 13.7. The van der Waals surface area contributed by atoms with Crippen LogP contribution < -0.4 is 9.47 Å². The summed E-state index contributed by atoms with van der Waals surface area (Å²) < 4.78 is 41.9. The lowest BCUT2D eigenvalue weighted by molar-refractivity contribution is -0.0171. The van der Waals surface area contributed by atoms with Crippen molar-refractivity contribution in [1.29, 1.82) is 0 Å². The molecule has 2 aromatic carbocycles. The van der Waals surface area contributed by atoms with E-state index in [1.165, 1.54) is 12.1 Å². The van der Waals surface area contributed by atoms with Crippen molar-refractivity contribution in [2.24, 2.45) is 0 Å². The van der Waals surface area contributed by atoms with E-state index in [0.717, 1.165) is 11.3 Å². The largest absolute Gasteiger partial charge is 0.497 e. The molecule has 0 unspecified atom stereocenters. The van der Waals surface area contributed by atoms with E-state index in [2.05, 4.69) is 0 Å². The van der Waals surface area contributed by atoms with Gasteiger partial charge in [-0.15, -0.1) is 0 Å². The van der Waals surface area contributed by atoms with Crippen molar-refractivity contribution in [3.63, 3.8) is 0 Å². The maximum Gasteiger partial charge on any atom is 0.189 e. The summed E-state index contributed by atoms with van der Waals surface area (Å²) in [6.45, 7) is 0.441. The summed E-state index contributed by atoms with van der Waals surface area (Å²) in [5, 5.41) is 0. The molecule has 6 heteroatoms. The van der Waals surface area contributed by atoms with Crippen molar-refractivity contribution in [3.8, 4) is 11.5 Å². The summed E-state index contributed by atoms with van der Waals surface area (Å²) in [5.74, 6) is 1.56. The van der Waals surface area contributed by atoms with Gasteiger partial charge in [0, 0.05) is 27.7 Å². The lowest BCUT2D eigenvalue weighted by Gasteiger charge is -2.20. The van der Waals surface area contributed by atoms with Gasteiger partial charge >= 0.3 is 0 Å². The fourth-order valence-electron chi connectivity index (χ4n) is 2.54. The molecule has 0 aromatic heterocycles. The third-order valence-corrected chi connectivity index (χ3v) is 4.82. The molecule has 3 rings (SSSR count). The van der Waals surface area contributed by atoms with Crippen molar-refractivity contribution in [1.82, 2.24) is 0 Å². The van der Waals surface area contributed by atoms with Crippen molar-refractivity contribution < 1.29 is 22.8 Å². The average molecular weight is 336 g/mol. The van der Waals surface area contributed by atoms with Gasteiger partial charge in [0.15, 0.2) is 6.79 Å². The van der Waals surface area contributed by atoms with Gasteiger partial charge in [-0.1, -0.05) is 12.1 Å². The summed E-state index contributed by atoms with van der Waals surface area (Å²) in [5.41, 5.74) is 2.19. The second kappa shape index (κ2) is 7.10. The zero-order valence-electron chi connectivity index (χ0n) is 12.7. The van der Waals surface area contributed by atoms with Crippen molar-refractivity contribution in [3.05, 3.63) is 58.9 Å². The van der Waals surface area contributed by atoms with Crippen LogP contribution in [0, 0.1) is 5.82 Å². The van der Waals surface area contributed by atoms with Gasteiger partial charge in [0.2, 0.25) is 0 Å². The molecule has 0 fully saturated rings. The molecule has 0 bridgehead atoms. The van der Waals surface area contributed by atoms with E-state index in [9.17, 15) is 8.60 Å². The number of rotatable bonds is 5. The van der Waals surface area contributed by atoms with Crippen molar-refractivity contribution in [2.45, 2.75) is 18.1 Å². The van der Waals surface area contributed by atoms with Gasteiger partial charge in [-0.2, -0.15) is 0 Å². The molecule has 0 aliphatic carbocycles. The van der Waals surface area contributed by atoms with Crippen LogP contribution in [0.2, 0.25) is 0 Å². The highest BCUT2D eigenvalue weighted by atomic mass is 32.2. The Morgan fingerprint density at radius 3 is 2.96 bits per heavy atom. The second-order valence-electron chi connectivity index (χ2n) is 5.24. The molecule has 0 N–H and O–H groups in total. The normalized spacial score (nSPS) is 14.7. The fraction of sp³-hybridized carbons (Fsp3) is 0.294. The lowest BCUT2D eigenvalue weighted by Crippen LogP contribution is -2.14. The lowest BCUT2D eigenvalue weighted by atomic mass is 10.1. The zero-order valence-corrected chi connectivity index (χ0v) is 13.5. The minimum absolute atomic E-state index is 0.133. The van der Waals surface area contributed by atoms with Gasteiger partial charge in [-0.05, 0) is 29.8 Å². The van der Waals surface area contributed by atoms with Crippen LogP contribution in [-0.4, -0.2) is 18.1 Å². The minimum Gasteiger partial charge on any atom is -0.497 e. The van der Waals surface area contributed by atoms with Crippen LogP contribution in [-0.2, 0) is 33.6 Å². The quantitative estimate of drug-likeness (QED) is 0.841. The van der Waals surface area contributed by atoms with Crippen LogP contribution in [0.5, 0.6) is 11.5 Å². The predicted molar refractivity (Wildman–Crippen MR) is 85.2 cm³/mol. The molecule has 2 aromatic rings. The first-order chi connectivity index (χ1) is 11.2. The highest BCUT2D eigenvalue weighted by Gasteiger charge is 2.18. The van der Waals surface area contributed by atoms with Crippen LogP contribution in [0.25, 0.3) is 0 Å². The van der Waals surface area contributed by atoms with Gasteiger partial charge in [0.25, 0.3) is 0 Å². The third-order valence-electron chi connectivity index (χ3n) is 3.53. The number of ether oxygens (including phenoxy) is 3. The van der Waals surface area contributed by atoms with Crippen molar-refractivity contribution >= 4 is 10.8 Å². The number of hydrogen-bond acceptors (Lipinski definition) is 4. The first-order valence-corrected chi connectivity index (χ1v) is 8.64. The number of fused-ring (bicyclic) bond motifs is 1. The molecule has 0 amide bonds. The van der Waals surface area contributed by atoms with Crippen LogP contribution in [0.15, 0.2) is 36.4 Å². The molecule has 0 saturated carbocycles. The van der Waals surface area contributed by atoms with Crippen LogP contribution in [0.3, 0.4) is 0 Å². The topological polar surface area (TPSA) is 44.8 Å². The summed E-state index contributed by atoms with van der Waals surface area (Å²) >= 11 is 0. The highest BCUT2D eigenvalue weighted by Crippen LogP contribution is 2.30. The molecule has 122 valence electrons. The summed E-state index contributed by atoms with van der Waals surface area (Å²) in [6.07, 6.45) is 0. The van der Waals surface area contributed by atoms with Gasteiger partial charge in [0.1, 0.15) is 17.3 Å². The second-order valence-corrected chi connectivity index (χ2v) is 6.70. The van der Waals surface area contributed by atoms with E-state index < -0.39 is 10.8 Å². The van der Waals surface area contributed by atoms with E-state index >= 15 is 0 Å². The number of hydrogen-bond donors (Lipinski definition) is 0. The minimum atomic E-state index is -1.18. The molecular formula is C17H17FO4S. The molecule has 1 atom stereocenters. The Morgan fingerprint density at radius 2 is 2.13 bits per heavy atom. The summed E-state index contributed by atoms with van der Waals surface area (Å²) in [4.78, 5) is 0. The van der Waals surface area contributed by atoms with Crippen LogP contribution in [0.1, 0.15) is 16.7 Å². The van der Waals surface area contributed by atoms with E-state index in [1.807, 2.05) is 24.3 Å². The average Bonchev–Trinajstić information content (AvgIpc) is 2.54. The molecule has 1 heterocycles. The maximum absolute atomic E-state index is 13.7. The first-order valence-electron chi connectivity index (χ1n) is 7.15. The van der Waals surface area contributed by atoms with Crippen LogP contribution >= 0.6 is 0 Å². The predicted octanol–water partition coefficient (Wildman–Crippen LogP) is 3.15. The fourth-order valence-corrected chi connectivity index (χ4v) is 3.75. The highest BCUT2D eigenvalue weighted by molar-refractivity contribution is 7.83. The van der Waals surface area contributed by atoms with Gasteiger partial charge in [-0.25, -0.2) is 4.39 Å². The van der Waals surface area contributed by atoms with E-state index in [0.29, 0.717) is 29.2 Å². The Labute approximate surface area is 136 Å². The SMILES string of the molecule is COc1cccc(C[S@](=O)Cc2cc(F)cc3c2OCOC3)c1. The Hall–Kier alpha value is -1.92. The molecule has 0 spiro atoms. The Morgan fingerprint density at radius 1 is 1.26 bits per heavy atom. The molecule has 23 heavy (non-hydrogen) atoms. The van der Waals surface area contributed by atoms with E-state index in [-0.39, 0.29) is 18.4 Å². The number of methoxy groups -OCH3 is 1. The molecule has 0 radical (unpaired) electrons. The molecule has 1 aliphatic rings. The van der Waals surface area contributed by atoms with Gasteiger partial charge < -0.3 is 14.2 Å². The van der Waals surface area contributed by atoms with Gasteiger partial charge in [-0.3, -0.25) is 4.21 Å². The Bertz CT molecular complexity index is 733. The molecule has 1 aliphatic heterocycles. The number of halogens is 1. The smallest absolute Gasteiger partial charge is 0.189 e. The van der Waals surface area contributed by atoms with Gasteiger partial charge in [0.05, 0.1) is 19.5 Å². The van der Waals surface area contributed by atoms with Crippen molar-refractivity contribution in [2.75, 3.05) is 13.9 Å². The molecule has 0 saturated heterocycles. The van der Waals surface area contributed by atoms with E-state index in [4.69, 9.17) is 14.2 Å². The monoisotopic (exact) mass is 336 g/mol. The molecular weight excluding hydrogens is 319 g/mol. The third kappa shape index (κ3) is 3.89. The Balaban J connectivity index is 1.76. The van der Waals surface area contributed by atoms with Crippen LogP contribution in [0.4, 0.5) is 4.39 Å². The first kappa shape index (κ1) is 16.0. The zero-order chi connectivity index (χ0) is 16.2. The summed E-state index contributed by atoms with van der Waals surface area (Å²) in [6, 6.07) is 10.2. The molecule has 4 nitrogen and oxygen atoms in total. The Kier molecular flexibility index (Phi) is 4.93.